The molecule has 0 aromatic heterocycles. The fraction of sp³-hybridized carbons (Fsp3) is 0.464. The minimum atomic E-state index is -0.725. The van der Waals surface area contributed by atoms with Gasteiger partial charge < -0.3 is 25.0 Å². The Labute approximate surface area is 223 Å². The van der Waals surface area contributed by atoms with Gasteiger partial charge in [0.05, 0.1) is 0 Å². The van der Waals surface area contributed by atoms with Crippen molar-refractivity contribution in [1.82, 2.24) is 10.2 Å². The summed E-state index contributed by atoms with van der Waals surface area (Å²) in [5.41, 5.74) is 3.10. The second kappa shape index (κ2) is 13.4. The number of fused-ring (bicyclic) bond motifs is 1. The van der Waals surface area contributed by atoms with Crippen LogP contribution in [0.3, 0.4) is 0 Å². The van der Waals surface area contributed by atoms with E-state index in [-0.39, 0.29) is 18.6 Å². The van der Waals surface area contributed by atoms with Gasteiger partial charge in [-0.3, -0.25) is 4.79 Å². The van der Waals surface area contributed by atoms with E-state index in [1.807, 2.05) is 75.6 Å². The van der Waals surface area contributed by atoms with E-state index in [9.17, 15) is 14.4 Å². The molecule has 0 saturated heterocycles. The highest BCUT2D eigenvalue weighted by Crippen LogP contribution is 2.24. The zero-order chi connectivity index (χ0) is 26.8. The van der Waals surface area contributed by atoms with E-state index in [1.54, 1.807) is 16.7 Å². The van der Waals surface area contributed by atoms with E-state index in [2.05, 4.69) is 10.6 Å². The lowest BCUT2D eigenvalue weighted by Gasteiger charge is -2.26. The third kappa shape index (κ3) is 9.31. The molecule has 2 N–H and O–H groups in total. The maximum absolute atomic E-state index is 13.1. The van der Waals surface area contributed by atoms with E-state index >= 15 is 0 Å². The first kappa shape index (κ1) is 28.4. The summed E-state index contributed by atoms with van der Waals surface area (Å²) in [6, 6.07) is 14.4. The number of thioether (sulfide) groups is 1. The molecule has 3 rings (SSSR count). The average molecular weight is 528 g/mol. The second-order valence-electron chi connectivity index (χ2n) is 10.0. The predicted octanol–water partition coefficient (Wildman–Crippen LogP) is 5.36. The maximum Gasteiger partial charge on any atom is 0.410 e. The van der Waals surface area contributed by atoms with Crippen molar-refractivity contribution in [3.63, 3.8) is 0 Å². The molecule has 1 aliphatic heterocycles. The summed E-state index contributed by atoms with van der Waals surface area (Å²) in [7, 11) is 0. The Balaban J connectivity index is 1.61. The molecule has 0 bridgehead atoms. The number of nitrogens with zero attached hydrogens (tertiary/aromatic N) is 1. The van der Waals surface area contributed by atoms with Crippen molar-refractivity contribution in [2.24, 2.45) is 0 Å². The van der Waals surface area contributed by atoms with E-state index in [0.29, 0.717) is 31.0 Å². The molecule has 3 amide bonds. The van der Waals surface area contributed by atoms with Gasteiger partial charge in [-0.15, -0.1) is 0 Å². The number of rotatable bonds is 8. The highest BCUT2D eigenvalue weighted by Gasteiger charge is 2.25. The fourth-order valence-electron chi connectivity index (χ4n) is 3.96. The van der Waals surface area contributed by atoms with Crippen LogP contribution >= 0.6 is 11.8 Å². The first-order valence-corrected chi connectivity index (χ1v) is 13.9. The molecule has 200 valence electrons. The minimum Gasteiger partial charge on any atom is -0.445 e. The van der Waals surface area contributed by atoms with Gasteiger partial charge in [0.15, 0.2) is 0 Å². The third-order valence-corrected chi connectivity index (χ3v) is 6.44. The average Bonchev–Trinajstić information content (AvgIpc) is 3.07. The van der Waals surface area contributed by atoms with Gasteiger partial charge in [-0.25, -0.2) is 9.59 Å². The van der Waals surface area contributed by atoms with Crippen LogP contribution in [0.2, 0.25) is 0 Å². The summed E-state index contributed by atoms with van der Waals surface area (Å²) in [4.78, 5) is 39.8. The summed E-state index contributed by atoms with van der Waals surface area (Å²) in [6.45, 7) is 6.77. The molecule has 2 aromatic rings. The molecule has 0 aliphatic carbocycles. The van der Waals surface area contributed by atoms with Crippen molar-refractivity contribution in [3.8, 4) is 0 Å². The number of nitrogens with one attached hydrogen (secondary N) is 2. The summed E-state index contributed by atoms with van der Waals surface area (Å²) in [5.74, 6) is 0.413. The molecule has 37 heavy (non-hydrogen) atoms. The zero-order valence-electron chi connectivity index (χ0n) is 22.0. The Hall–Kier alpha value is -3.20. The van der Waals surface area contributed by atoms with Gasteiger partial charge >= 0.3 is 12.2 Å². The lowest BCUT2D eigenvalue weighted by Crippen LogP contribution is -2.44. The fourth-order valence-corrected chi connectivity index (χ4v) is 4.43. The summed E-state index contributed by atoms with van der Waals surface area (Å²) >= 11 is 1.60. The van der Waals surface area contributed by atoms with Crippen molar-refractivity contribution >= 4 is 35.5 Å². The van der Waals surface area contributed by atoms with Crippen LogP contribution in [0.25, 0.3) is 0 Å². The predicted molar refractivity (Wildman–Crippen MR) is 147 cm³/mol. The molecule has 9 heteroatoms. The van der Waals surface area contributed by atoms with Crippen molar-refractivity contribution in [2.45, 2.75) is 64.8 Å². The number of anilines is 1. The van der Waals surface area contributed by atoms with E-state index in [0.717, 1.165) is 29.5 Å². The van der Waals surface area contributed by atoms with Gasteiger partial charge in [0.2, 0.25) is 5.91 Å². The van der Waals surface area contributed by atoms with Crippen molar-refractivity contribution in [3.05, 3.63) is 65.2 Å². The number of benzene rings is 2. The Morgan fingerprint density at radius 3 is 2.54 bits per heavy atom. The van der Waals surface area contributed by atoms with Crippen LogP contribution in [0.4, 0.5) is 15.3 Å². The summed E-state index contributed by atoms with van der Waals surface area (Å²) in [6.07, 6.45) is 3.07. The molecule has 0 saturated carbocycles. The SMILES string of the molecule is CSCC[C@H](NC(=O)OCc1ccccc1)C(=O)Nc1ccc2c(c1)CCCN(C(=O)OC(C)(C)C)C2. The van der Waals surface area contributed by atoms with Crippen LogP contribution in [-0.2, 0) is 33.8 Å². The number of hydrogen-bond donors (Lipinski definition) is 2. The quantitative estimate of drug-likeness (QED) is 0.480. The summed E-state index contributed by atoms with van der Waals surface area (Å²) in [5, 5.41) is 5.65. The van der Waals surface area contributed by atoms with Gasteiger partial charge in [0.1, 0.15) is 18.2 Å². The number of carbonyl (C=O) groups is 3. The third-order valence-electron chi connectivity index (χ3n) is 5.79. The normalized spacial score (nSPS) is 14.1. The number of hydrogen-bond acceptors (Lipinski definition) is 6. The summed E-state index contributed by atoms with van der Waals surface area (Å²) < 4.78 is 10.8. The zero-order valence-corrected chi connectivity index (χ0v) is 22.9. The van der Waals surface area contributed by atoms with Crippen molar-refractivity contribution < 1.29 is 23.9 Å². The van der Waals surface area contributed by atoms with Crippen LogP contribution in [0.5, 0.6) is 0 Å². The van der Waals surface area contributed by atoms with Gasteiger partial charge in [-0.1, -0.05) is 36.4 Å². The largest absolute Gasteiger partial charge is 0.445 e. The molecule has 1 aliphatic rings. The number of ether oxygens (including phenoxy) is 2. The molecule has 0 unspecified atom stereocenters. The maximum atomic E-state index is 13.1. The van der Waals surface area contributed by atoms with Crippen molar-refractivity contribution in [1.29, 1.82) is 0 Å². The van der Waals surface area contributed by atoms with Gasteiger partial charge in [-0.2, -0.15) is 11.8 Å². The lowest BCUT2D eigenvalue weighted by molar-refractivity contribution is -0.118. The smallest absolute Gasteiger partial charge is 0.410 e. The highest BCUT2D eigenvalue weighted by atomic mass is 32.2. The second-order valence-corrected chi connectivity index (χ2v) is 11.0. The van der Waals surface area contributed by atoms with E-state index in [1.165, 1.54) is 0 Å². The Kier molecular flexibility index (Phi) is 10.3. The molecular formula is C28H37N3O5S. The Morgan fingerprint density at radius 1 is 1.08 bits per heavy atom. The first-order chi connectivity index (χ1) is 17.6. The Bertz CT molecular complexity index is 1070. The van der Waals surface area contributed by atoms with Crippen LogP contribution in [0.15, 0.2) is 48.5 Å². The van der Waals surface area contributed by atoms with Crippen LogP contribution < -0.4 is 10.6 Å². The Morgan fingerprint density at radius 2 is 1.84 bits per heavy atom. The first-order valence-electron chi connectivity index (χ1n) is 12.5. The number of alkyl carbamates (subject to hydrolysis) is 1. The molecule has 0 fully saturated rings. The molecule has 2 aromatic carbocycles. The molecular weight excluding hydrogens is 490 g/mol. The van der Waals surface area contributed by atoms with E-state index in [4.69, 9.17) is 9.47 Å². The molecule has 1 atom stereocenters. The van der Waals surface area contributed by atoms with Gasteiger partial charge in [0, 0.05) is 18.8 Å². The highest BCUT2D eigenvalue weighted by molar-refractivity contribution is 7.98. The topological polar surface area (TPSA) is 97.0 Å². The van der Waals surface area contributed by atoms with Gasteiger partial charge in [0.25, 0.3) is 0 Å². The standard InChI is InChI=1S/C28H37N3O5S/c1-28(2,3)36-27(34)31-15-8-11-21-17-23(13-12-22(21)18-31)29-25(32)24(14-16-37-4)30-26(33)35-19-20-9-6-5-7-10-20/h5-7,9-10,12-13,17,24H,8,11,14-16,18-19H2,1-4H3,(H,29,32)(H,30,33)/t24-/m0/s1. The molecule has 0 radical (unpaired) electrons. The monoisotopic (exact) mass is 527 g/mol. The number of aryl methyl sites for hydroxylation is 1. The molecule has 8 nitrogen and oxygen atoms in total. The van der Waals surface area contributed by atoms with Crippen LogP contribution in [0.1, 0.15) is 50.3 Å². The molecule has 1 heterocycles. The lowest BCUT2D eigenvalue weighted by atomic mass is 10.0. The molecule has 0 spiro atoms. The van der Waals surface area contributed by atoms with E-state index < -0.39 is 17.7 Å². The van der Waals surface area contributed by atoms with Crippen LogP contribution in [0, 0.1) is 0 Å². The van der Waals surface area contributed by atoms with Crippen molar-refractivity contribution in [2.75, 3.05) is 23.9 Å². The number of amides is 3. The van der Waals surface area contributed by atoms with Gasteiger partial charge in [-0.05, 0) is 80.9 Å². The minimum absolute atomic E-state index is 0.134. The number of carbonyl (C=O) groups excluding carboxylic acids is 3. The van der Waals surface area contributed by atoms with Crippen LogP contribution in [-0.4, -0.2) is 53.2 Å².